The average molecular weight is 547 g/mol. The minimum Gasteiger partial charge on any atom is -0.495 e. The quantitative estimate of drug-likeness (QED) is 0.224. The third kappa shape index (κ3) is 5.17. The molecule has 1 saturated heterocycles. The third-order valence-electron chi connectivity index (χ3n) is 8.41. The summed E-state index contributed by atoms with van der Waals surface area (Å²) < 4.78 is 13.0. The molecule has 7 nitrogen and oxygen atoms in total. The number of fused-ring (bicyclic) bond motifs is 1. The van der Waals surface area contributed by atoms with Crippen LogP contribution in [0.15, 0.2) is 47.1 Å². The minimum absolute atomic E-state index is 0.0843. The molecule has 0 N–H and O–H groups in total. The van der Waals surface area contributed by atoms with Gasteiger partial charge in [-0.05, 0) is 68.5 Å². The number of benzene rings is 2. The fourth-order valence-corrected chi connectivity index (χ4v) is 6.57. The number of amides is 1. The van der Waals surface area contributed by atoms with Gasteiger partial charge in [-0.25, -0.2) is 4.98 Å². The van der Waals surface area contributed by atoms with Crippen molar-refractivity contribution in [3.8, 4) is 17.0 Å². The summed E-state index contributed by atoms with van der Waals surface area (Å²) in [6, 6.07) is 11.5. The predicted octanol–water partition coefficient (Wildman–Crippen LogP) is 7.89. The molecule has 4 aromatic rings. The van der Waals surface area contributed by atoms with E-state index in [-0.39, 0.29) is 11.9 Å². The summed E-state index contributed by atoms with van der Waals surface area (Å²) in [5, 5.41) is 5.59. The summed E-state index contributed by atoms with van der Waals surface area (Å²) >= 11 is 6.46. The first-order chi connectivity index (χ1) is 19.0. The highest BCUT2D eigenvalue weighted by atomic mass is 35.5. The summed E-state index contributed by atoms with van der Waals surface area (Å²) in [4.78, 5) is 20.2. The molecule has 204 valence electrons. The fraction of sp³-hybridized carbons (Fsp3) is 0.452. The zero-order valence-electron chi connectivity index (χ0n) is 22.7. The van der Waals surface area contributed by atoms with Gasteiger partial charge in [0, 0.05) is 35.8 Å². The van der Waals surface area contributed by atoms with Crippen molar-refractivity contribution in [2.45, 2.75) is 77.3 Å². The smallest absolute Gasteiger partial charge is 0.227 e. The van der Waals surface area contributed by atoms with Crippen molar-refractivity contribution in [2.24, 2.45) is 5.92 Å². The van der Waals surface area contributed by atoms with E-state index < -0.39 is 0 Å². The number of hydrogen-bond acceptors (Lipinski definition) is 5. The summed E-state index contributed by atoms with van der Waals surface area (Å²) in [5.74, 6) is 2.43. The lowest BCUT2D eigenvalue weighted by Crippen LogP contribution is -2.29. The average Bonchev–Trinajstić information content (AvgIpc) is 3.66. The molecule has 0 radical (unpaired) electrons. The van der Waals surface area contributed by atoms with Crippen LogP contribution in [0.3, 0.4) is 0 Å². The molecule has 0 bridgehead atoms. The number of hydrogen-bond donors (Lipinski definition) is 0. The van der Waals surface area contributed by atoms with Gasteiger partial charge < -0.3 is 18.7 Å². The number of halogens is 1. The lowest BCUT2D eigenvalue weighted by Gasteiger charge is -2.26. The number of anilines is 1. The molecule has 1 aliphatic heterocycles. The molecule has 1 amide bonds. The van der Waals surface area contributed by atoms with E-state index in [9.17, 15) is 4.79 Å². The van der Waals surface area contributed by atoms with Crippen LogP contribution in [-0.2, 0) is 11.3 Å². The summed E-state index contributed by atoms with van der Waals surface area (Å²) in [5.41, 5.74) is 4.32. The van der Waals surface area contributed by atoms with Gasteiger partial charge in [0.25, 0.3) is 0 Å². The van der Waals surface area contributed by atoms with E-state index in [2.05, 4.69) is 22.0 Å². The standard InChI is InChI=1S/C31H35ClN4O3/c1-20-24-17-22(10-13-28(24)39-34-20)26-19-35(16-6-9-21-7-4-3-5-8-21)31(33-26)27-12-15-30(37)36(27)23-11-14-29(38-2)25(32)18-23/h10-11,13-14,17-19,21,27H,3-9,12,15-16H2,1-2H3/t27-/m0/s1. The first-order valence-corrected chi connectivity index (χ1v) is 14.5. The molecule has 0 unspecified atom stereocenters. The minimum atomic E-state index is -0.161. The highest BCUT2D eigenvalue weighted by Gasteiger charge is 2.37. The van der Waals surface area contributed by atoms with Crippen LogP contribution < -0.4 is 9.64 Å². The monoisotopic (exact) mass is 546 g/mol. The molecule has 8 heteroatoms. The van der Waals surface area contributed by atoms with Crippen LogP contribution in [0, 0.1) is 12.8 Å². The van der Waals surface area contributed by atoms with Crippen LogP contribution in [0.4, 0.5) is 5.69 Å². The SMILES string of the molecule is COc1ccc(N2C(=O)CC[C@H]2c2nc(-c3ccc4onc(C)c4c3)cn2CCCC2CCCCC2)cc1Cl. The second-order valence-electron chi connectivity index (χ2n) is 10.9. The lowest BCUT2D eigenvalue weighted by atomic mass is 9.86. The van der Waals surface area contributed by atoms with Crippen LogP contribution in [0.1, 0.15) is 75.3 Å². The molecule has 0 spiro atoms. The number of carbonyl (C=O) groups is 1. The first kappa shape index (κ1) is 25.9. The maximum Gasteiger partial charge on any atom is 0.227 e. The van der Waals surface area contributed by atoms with Gasteiger partial charge in [-0.3, -0.25) is 4.79 Å². The normalized spacial score (nSPS) is 18.4. The van der Waals surface area contributed by atoms with Gasteiger partial charge in [-0.1, -0.05) is 48.9 Å². The first-order valence-electron chi connectivity index (χ1n) is 14.1. The molecule has 2 aromatic heterocycles. The maximum atomic E-state index is 13.2. The fourth-order valence-electron chi connectivity index (χ4n) is 6.32. The van der Waals surface area contributed by atoms with Crippen molar-refractivity contribution < 1.29 is 14.1 Å². The number of rotatable bonds is 8. The van der Waals surface area contributed by atoms with Crippen molar-refractivity contribution in [2.75, 3.05) is 12.0 Å². The van der Waals surface area contributed by atoms with E-state index in [1.807, 2.05) is 42.2 Å². The second kappa shape index (κ2) is 11.0. The van der Waals surface area contributed by atoms with Crippen molar-refractivity contribution in [1.29, 1.82) is 0 Å². The molecule has 6 rings (SSSR count). The van der Waals surface area contributed by atoms with E-state index in [0.29, 0.717) is 23.6 Å². The highest BCUT2D eigenvalue weighted by Crippen LogP contribution is 2.40. The number of nitrogens with zero attached hydrogens (tertiary/aromatic N) is 4. The summed E-state index contributed by atoms with van der Waals surface area (Å²) in [6.45, 7) is 2.84. The van der Waals surface area contributed by atoms with Crippen molar-refractivity contribution in [3.63, 3.8) is 0 Å². The number of imidazole rings is 1. The Morgan fingerprint density at radius 2 is 1.95 bits per heavy atom. The Balaban J connectivity index is 1.35. The van der Waals surface area contributed by atoms with Crippen molar-refractivity contribution >= 4 is 34.2 Å². The molecule has 39 heavy (non-hydrogen) atoms. The van der Waals surface area contributed by atoms with Crippen LogP contribution in [0.2, 0.25) is 5.02 Å². The zero-order valence-corrected chi connectivity index (χ0v) is 23.4. The molecule has 1 aliphatic carbocycles. The van der Waals surface area contributed by atoms with E-state index in [1.165, 1.54) is 38.5 Å². The van der Waals surface area contributed by atoms with Gasteiger partial charge in [-0.15, -0.1) is 0 Å². The van der Waals surface area contributed by atoms with Crippen LogP contribution in [0.25, 0.3) is 22.2 Å². The number of carbonyl (C=O) groups excluding carboxylic acids is 1. The van der Waals surface area contributed by atoms with Crippen molar-refractivity contribution in [1.82, 2.24) is 14.7 Å². The van der Waals surface area contributed by atoms with Crippen LogP contribution in [-0.4, -0.2) is 27.7 Å². The van der Waals surface area contributed by atoms with Crippen LogP contribution in [0.5, 0.6) is 5.75 Å². The van der Waals surface area contributed by atoms with Gasteiger partial charge >= 0.3 is 0 Å². The molecule has 2 aromatic carbocycles. The Bertz CT molecular complexity index is 1490. The van der Waals surface area contributed by atoms with Gasteiger partial charge in [0.2, 0.25) is 5.91 Å². The van der Waals surface area contributed by atoms with Gasteiger partial charge in [0.05, 0.1) is 29.6 Å². The van der Waals surface area contributed by atoms with Crippen molar-refractivity contribution in [3.05, 3.63) is 59.1 Å². The number of aromatic nitrogens is 3. The van der Waals surface area contributed by atoms with Gasteiger partial charge in [-0.2, -0.15) is 0 Å². The predicted molar refractivity (Wildman–Crippen MR) is 153 cm³/mol. The zero-order chi connectivity index (χ0) is 26.9. The maximum absolute atomic E-state index is 13.2. The number of ether oxygens (including phenoxy) is 1. The number of aryl methyl sites for hydroxylation is 2. The number of methoxy groups -OCH3 is 1. The molecule has 3 heterocycles. The Labute approximate surface area is 234 Å². The molecule has 1 atom stereocenters. The van der Waals surface area contributed by atoms with E-state index >= 15 is 0 Å². The van der Waals surface area contributed by atoms with Gasteiger partial charge in [0.15, 0.2) is 5.58 Å². The molecular formula is C31H35ClN4O3. The summed E-state index contributed by atoms with van der Waals surface area (Å²) in [6.07, 6.45) is 12.5. The molecule has 2 aliphatic rings. The van der Waals surface area contributed by atoms with Gasteiger partial charge in [0.1, 0.15) is 11.6 Å². The largest absolute Gasteiger partial charge is 0.495 e. The second-order valence-corrected chi connectivity index (χ2v) is 11.3. The molecular weight excluding hydrogens is 512 g/mol. The molecule has 2 fully saturated rings. The Kier molecular flexibility index (Phi) is 7.34. The Morgan fingerprint density at radius 3 is 2.74 bits per heavy atom. The highest BCUT2D eigenvalue weighted by molar-refractivity contribution is 6.32. The third-order valence-corrected chi connectivity index (χ3v) is 8.71. The Morgan fingerprint density at radius 1 is 1.10 bits per heavy atom. The Hall–Kier alpha value is -3.32. The lowest BCUT2D eigenvalue weighted by molar-refractivity contribution is -0.117. The summed E-state index contributed by atoms with van der Waals surface area (Å²) in [7, 11) is 1.59. The van der Waals surface area contributed by atoms with E-state index in [4.69, 9.17) is 25.8 Å². The topological polar surface area (TPSA) is 73.4 Å². The van der Waals surface area contributed by atoms with E-state index in [0.717, 1.165) is 58.3 Å². The van der Waals surface area contributed by atoms with Crippen LogP contribution >= 0.6 is 11.6 Å². The van der Waals surface area contributed by atoms with E-state index in [1.54, 1.807) is 7.11 Å². The molecule has 1 saturated carbocycles.